The molecule has 0 aliphatic heterocycles. The van der Waals surface area contributed by atoms with Gasteiger partial charge in [0.25, 0.3) is 0 Å². The van der Waals surface area contributed by atoms with E-state index in [4.69, 9.17) is 10.2 Å². The van der Waals surface area contributed by atoms with E-state index in [9.17, 15) is 19.8 Å². The van der Waals surface area contributed by atoms with Gasteiger partial charge in [0.2, 0.25) is 0 Å². The van der Waals surface area contributed by atoms with Gasteiger partial charge >= 0.3 is 11.9 Å². The number of carbonyl (C=O) groups is 2. The molecule has 8 heteroatoms. The molecule has 2 aromatic rings. The molecule has 1 aliphatic carbocycles. The summed E-state index contributed by atoms with van der Waals surface area (Å²) >= 11 is 0. The first-order valence-electron chi connectivity index (χ1n) is 9.55. The molecule has 2 unspecified atom stereocenters. The normalized spacial score (nSPS) is 19.3. The molecule has 0 saturated heterocycles. The first-order chi connectivity index (χ1) is 14.4. The van der Waals surface area contributed by atoms with Crippen LogP contribution >= 0.6 is 0 Å². The van der Waals surface area contributed by atoms with Crippen molar-refractivity contribution in [2.24, 2.45) is 9.98 Å². The fourth-order valence-electron chi connectivity index (χ4n) is 3.47. The minimum absolute atomic E-state index is 0.173. The van der Waals surface area contributed by atoms with E-state index >= 15 is 0 Å². The molecule has 4 N–H and O–H groups in total. The fourth-order valence-corrected chi connectivity index (χ4v) is 3.47. The minimum atomic E-state index is -1.22. The third-order valence-electron chi connectivity index (χ3n) is 5.10. The van der Waals surface area contributed by atoms with Gasteiger partial charge in [0.1, 0.15) is 22.6 Å². The molecule has 0 aromatic heterocycles. The van der Waals surface area contributed by atoms with Crippen molar-refractivity contribution in [3.05, 3.63) is 58.7 Å². The van der Waals surface area contributed by atoms with Gasteiger partial charge in [-0.2, -0.15) is 0 Å². The Morgan fingerprint density at radius 2 is 1.17 bits per heavy atom. The highest BCUT2D eigenvalue weighted by molar-refractivity contribution is 5.96. The van der Waals surface area contributed by atoms with Gasteiger partial charge in [-0.15, -0.1) is 0 Å². The molecule has 0 radical (unpaired) electrons. The van der Waals surface area contributed by atoms with E-state index in [1.54, 1.807) is 24.3 Å². The van der Waals surface area contributed by atoms with E-state index in [0.717, 1.165) is 25.7 Å². The quantitative estimate of drug-likeness (QED) is 0.539. The molecule has 1 aliphatic rings. The zero-order valence-electron chi connectivity index (χ0n) is 16.1. The maximum atomic E-state index is 11.2. The number of hydrogen-bond acceptors (Lipinski definition) is 6. The summed E-state index contributed by atoms with van der Waals surface area (Å²) in [4.78, 5) is 31.4. The van der Waals surface area contributed by atoms with Crippen molar-refractivity contribution in [3.8, 4) is 11.5 Å². The second-order valence-corrected chi connectivity index (χ2v) is 7.07. The number of carboxylic acid groups (broad SMARTS) is 2. The van der Waals surface area contributed by atoms with Crippen LogP contribution in [-0.4, -0.2) is 56.9 Å². The van der Waals surface area contributed by atoms with Gasteiger partial charge in [-0.1, -0.05) is 25.0 Å². The van der Waals surface area contributed by atoms with Crippen molar-refractivity contribution in [2.45, 2.75) is 37.8 Å². The van der Waals surface area contributed by atoms with Gasteiger partial charge < -0.3 is 20.4 Å². The monoisotopic (exact) mass is 410 g/mol. The third kappa shape index (κ3) is 4.65. The van der Waals surface area contributed by atoms with Crippen LogP contribution in [0.2, 0.25) is 0 Å². The number of para-hydroxylation sites is 2. The second kappa shape index (κ2) is 9.21. The molecule has 0 amide bonds. The second-order valence-electron chi connectivity index (χ2n) is 7.07. The molecule has 0 spiro atoms. The SMILES string of the molecule is O=C(O)c1cccc(C=NC2CCCCC2N=Cc2cccc(C(=O)O)c2O)c1O. The number of aromatic carboxylic acids is 2. The van der Waals surface area contributed by atoms with Gasteiger partial charge in [-0.25, -0.2) is 9.59 Å². The molecule has 3 rings (SSSR count). The molecule has 2 aromatic carbocycles. The van der Waals surface area contributed by atoms with Crippen LogP contribution < -0.4 is 0 Å². The number of carboxylic acids is 2. The van der Waals surface area contributed by atoms with Gasteiger partial charge in [-0.05, 0) is 37.1 Å². The van der Waals surface area contributed by atoms with Crippen molar-refractivity contribution in [1.82, 2.24) is 0 Å². The summed E-state index contributed by atoms with van der Waals surface area (Å²) in [5.41, 5.74) is 0.252. The number of benzene rings is 2. The Labute approximate surface area is 172 Å². The number of aliphatic imine (C=N–C) groups is 2. The predicted molar refractivity (Wildman–Crippen MR) is 111 cm³/mol. The summed E-state index contributed by atoms with van der Waals surface area (Å²) in [5.74, 6) is -3.10. The Hall–Kier alpha value is -3.68. The van der Waals surface area contributed by atoms with Crippen LogP contribution in [0, 0.1) is 0 Å². The van der Waals surface area contributed by atoms with Crippen LogP contribution in [0.1, 0.15) is 57.5 Å². The summed E-state index contributed by atoms with van der Waals surface area (Å²) in [6.45, 7) is 0. The van der Waals surface area contributed by atoms with Crippen LogP contribution in [0.15, 0.2) is 46.4 Å². The Morgan fingerprint density at radius 1 is 0.767 bits per heavy atom. The minimum Gasteiger partial charge on any atom is -0.506 e. The molecule has 2 atom stereocenters. The lowest BCUT2D eigenvalue weighted by Crippen LogP contribution is -2.27. The van der Waals surface area contributed by atoms with Crippen molar-refractivity contribution >= 4 is 24.4 Å². The molecule has 0 heterocycles. The molecule has 0 bridgehead atoms. The van der Waals surface area contributed by atoms with Gasteiger partial charge in [0.05, 0.1) is 12.1 Å². The first-order valence-corrected chi connectivity index (χ1v) is 9.55. The number of nitrogens with zero attached hydrogens (tertiary/aromatic N) is 2. The van der Waals surface area contributed by atoms with Crippen molar-refractivity contribution in [2.75, 3.05) is 0 Å². The maximum absolute atomic E-state index is 11.2. The summed E-state index contributed by atoms with van der Waals surface area (Å²) < 4.78 is 0. The Kier molecular flexibility index (Phi) is 6.46. The highest BCUT2D eigenvalue weighted by atomic mass is 16.4. The number of aromatic hydroxyl groups is 2. The fraction of sp³-hybridized carbons (Fsp3) is 0.273. The van der Waals surface area contributed by atoms with E-state index in [1.807, 2.05) is 0 Å². The topological polar surface area (TPSA) is 140 Å². The summed E-state index contributed by atoms with van der Waals surface area (Å²) in [7, 11) is 0. The van der Waals surface area contributed by atoms with Gasteiger partial charge in [-0.3, -0.25) is 9.98 Å². The Bertz CT molecular complexity index is 933. The molecule has 30 heavy (non-hydrogen) atoms. The van der Waals surface area contributed by atoms with Crippen molar-refractivity contribution < 1.29 is 30.0 Å². The maximum Gasteiger partial charge on any atom is 0.339 e. The van der Waals surface area contributed by atoms with E-state index in [0.29, 0.717) is 11.1 Å². The van der Waals surface area contributed by atoms with Crippen LogP contribution in [0.3, 0.4) is 0 Å². The number of phenols is 2. The summed E-state index contributed by atoms with van der Waals surface area (Å²) in [6, 6.07) is 8.54. The van der Waals surface area contributed by atoms with E-state index in [2.05, 4.69) is 9.98 Å². The molecule has 156 valence electrons. The smallest absolute Gasteiger partial charge is 0.339 e. The zero-order chi connectivity index (χ0) is 21.7. The van der Waals surface area contributed by atoms with E-state index in [-0.39, 0.29) is 34.7 Å². The number of hydrogen-bond donors (Lipinski definition) is 4. The average Bonchev–Trinajstić information content (AvgIpc) is 2.72. The molecular weight excluding hydrogens is 388 g/mol. The summed E-state index contributed by atoms with van der Waals surface area (Å²) in [6.07, 6.45) is 6.41. The lowest BCUT2D eigenvalue weighted by molar-refractivity contribution is 0.0682. The van der Waals surface area contributed by atoms with Crippen molar-refractivity contribution in [1.29, 1.82) is 0 Å². The predicted octanol–water partition coefficient (Wildman–Crippen LogP) is 3.34. The van der Waals surface area contributed by atoms with E-state index < -0.39 is 11.9 Å². The lowest BCUT2D eigenvalue weighted by Gasteiger charge is -2.25. The lowest BCUT2D eigenvalue weighted by atomic mass is 9.91. The van der Waals surface area contributed by atoms with Crippen molar-refractivity contribution in [3.63, 3.8) is 0 Å². The molecule has 1 saturated carbocycles. The highest BCUT2D eigenvalue weighted by Gasteiger charge is 2.24. The van der Waals surface area contributed by atoms with Gasteiger partial charge in [0.15, 0.2) is 0 Å². The van der Waals surface area contributed by atoms with E-state index in [1.165, 1.54) is 24.6 Å². The average molecular weight is 410 g/mol. The zero-order valence-corrected chi connectivity index (χ0v) is 16.1. The van der Waals surface area contributed by atoms with Crippen LogP contribution in [0.4, 0.5) is 0 Å². The third-order valence-corrected chi connectivity index (χ3v) is 5.10. The van der Waals surface area contributed by atoms with Crippen LogP contribution in [0.25, 0.3) is 0 Å². The largest absolute Gasteiger partial charge is 0.506 e. The van der Waals surface area contributed by atoms with Crippen LogP contribution in [-0.2, 0) is 0 Å². The molecule has 8 nitrogen and oxygen atoms in total. The van der Waals surface area contributed by atoms with Crippen LogP contribution in [0.5, 0.6) is 11.5 Å². The molecule has 1 fully saturated rings. The molecular formula is C22H22N2O6. The highest BCUT2D eigenvalue weighted by Crippen LogP contribution is 2.27. The Morgan fingerprint density at radius 3 is 1.53 bits per heavy atom. The Balaban J connectivity index is 1.81. The standard InChI is InChI=1S/C22H22N2O6/c25-19-13(5-3-7-15(19)21(27)28)11-23-17-9-1-2-10-18(17)24-12-14-6-4-8-16(20(14)26)22(29)30/h3-8,11-12,17-18,25-26H,1-2,9-10H2,(H,27,28)(H,29,30). The van der Waals surface area contributed by atoms with Gasteiger partial charge in [0, 0.05) is 23.6 Å². The summed E-state index contributed by atoms with van der Waals surface area (Å²) in [5, 5.41) is 38.5. The number of rotatable bonds is 6. The first kappa shape index (κ1) is 21.0.